The first-order chi connectivity index (χ1) is 19.0. The average Bonchev–Trinajstić information content (AvgIpc) is 3.28. The van der Waals surface area contributed by atoms with Crippen molar-refractivity contribution < 1.29 is 24.3 Å². The van der Waals surface area contributed by atoms with Crippen LogP contribution < -0.4 is 4.90 Å². The molecule has 40 heavy (non-hydrogen) atoms. The highest BCUT2D eigenvalue weighted by atomic mass is 79.9. The number of hydrogen-bond acceptors (Lipinski definition) is 5. The molecule has 0 bridgehead atoms. The van der Waals surface area contributed by atoms with Gasteiger partial charge in [-0.05, 0) is 54.7 Å². The van der Waals surface area contributed by atoms with Crippen LogP contribution in [0.5, 0.6) is 5.75 Å². The van der Waals surface area contributed by atoms with E-state index >= 15 is 0 Å². The number of carbonyl (C=O) groups is 4. The smallest absolute Gasteiger partial charge is 0.254 e. The van der Waals surface area contributed by atoms with Gasteiger partial charge in [-0.25, -0.2) is 0 Å². The maximum Gasteiger partial charge on any atom is 0.254 e. The second-order valence-electron chi connectivity index (χ2n) is 10.5. The lowest BCUT2D eigenvalue weighted by molar-refractivity contribution is -0.138. The zero-order valence-electron chi connectivity index (χ0n) is 20.8. The van der Waals surface area contributed by atoms with E-state index < -0.39 is 51.1 Å². The minimum absolute atomic E-state index is 0.135. The second kappa shape index (κ2) is 9.44. The van der Waals surface area contributed by atoms with Crippen molar-refractivity contribution in [2.75, 3.05) is 10.4 Å². The number of benzene rings is 2. The third-order valence-corrected chi connectivity index (χ3v) is 10.9. The highest BCUT2D eigenvalue weighted by Crippen LogP contribution is 2.66. The molecule has 0 spiro atoms. The van der Waals surface area contributed by atoms with E-state index in [1.807, 2.05) is 6.08 Å². The van der Waals surface area contributed by atoms with Crippen LogP contribution in [0, 0.1) is 17.8 Å². The topological polar surface area (TPSA) is 95.0 Å². The van der Waals surface area contributed by atoms with Gasteiger partial charge in [0.1, 0.15) is 5.75 Å². The van der Waals surface area contributed by atoms with Crippen molar-refractivity contribution in [1.82, 2.24) is 4.90 Å². The Bertz CT molecular complexity index is 1540. The van der Waals surface area contributed by atoms with Gasteiger partial charge in [0.2, 0.25) is 11.8 Å². The number of phenolic OH excluding ortho intramolecular Hbond substituents is 1. The Balaban J connectivity index is 1.52. The number of aromatic hydroxyl groups is 1. The maximum atomic E-state index is 14.0. The summed E-state index contributed by atoms with van der Waals surface area (Å²) in [6.07, 6.45) is 3.54. The van der Waals surface area contributed by atoms with Crippen molar-refractivity contribution in [3.63, 3.8) is 0 Å². The number of amides is 4. The van der Waals surface area contributed by atoms with Gasteiger partial charge in [0.25, 0.3) is 11.8 Å². The second-order valence-corrected chi connectivity index (χ2v) is 12.7. The molecule has 2 aliphatic carbocycles. The van der Waals surface area contributed by atoms with E-state index in [1.165, 1.54) is 23.1 Å². The monoisotopic (exact) mass is 662 g/mol. The number of phenols is 1. The Kier molecular flexibility index (Phi) is 6.50. The summed E-state index contributed by atoms with van der Waals surface area (Å²) in [6, 6.07) is 11.3. The maximum absolute atomic E-state index is 14.0. The molecule has 206 valence electrons. The SMILES string of the molecule is C=Cc1ccc(N2C(=O)C3CC=C4C(CC5(Cl)C(=O)N(CBr)C(=O)C5(Cl)C4c4cc(Cl)ccc4O)C3C2=O)cc1. The lowest BCUT2D eigenvalue weighted by Crippen LogP contribution is -2.60. The number of fused-ring (bicyclic) bond motifs is 4. The molecule has 2 aromatic carbocycles. The minimum atomic E-state index is -2.01. The number of nitrogens with zero attached hydrogens (tertiary/aromatic N) is 2. The fraction of sp³-hybridized carbons (Fsp3) is 0.310. The molecular formula is C29H22BrCl3N2O5. The predicted octanol–water partition coefficient (Wildman–Crippen LogP) is 5.60. The van der Waals surface area contributed by atoms with Gasteiger partial charge in [0.15, 0.2) is 9.75 Å². The number of carbonyl (C=O) groups excluding carboxylic acids is 4. The van der Waals surface area contributed by atoms with Crippen LogP contribution in [0.25, 0.3) is 6.08 Å². The average molecular weight is 665 g/mol. The molecular weight excluding hydrogens is 643 g/mol. The number of imide groups is 2. The van der Waals surface area contributed by atoms with Gasteiger partial charge >= 0.3 is 0 Å². The van der Waals surface area contributed by atoms with Gasteiger partial charge in [-0.15, -0.1) is 23.2 Å². The van der Waals surface area contributed by atoms with Crippen LogP contribution >= 0.6 is 50.7 Å². The summed E-state index contributed by atoms with van der Waals surface area (Å²) in [6.45, 7) is 3.74. The normalized spacial score (nSPS) is 33.0. The molecule has 6 unspecified atom stereocenters. The summed E-state index contributed by atoms with van der Waals surface area (Å²) < 4.78 is 0. The molecule has 4 aliphatic rings. The first-order valence-corrected chi connectivity index (χ1v) is 14.8. The molecule has 11 heteroatoms. The van der Waals surface area contributed by atoms with Crippen LogP contribution in [-0.4, -0.2) is 48.8 Å². The van der Waals surface area contributed by atoms with E-state index in [-0.39, 0.29) is 40.5 Å². The van der Waals surface area contributed by atoms with Crippen molar-refractivity contribution >= 4 is 86.1 Å². The van der Waals surface area contributed by atoms with Crippen LogP contribution in [0.3, 0.4) is 0 Å². The first-order valence-electron chi connectivity index (χ1n) is 12.6. The third kappa shape index (κ3) is 3.49. The van der Waals surface area contributed by atoms with Crippen LogP contribution in [0.4, 0.5) is 5.69 Å². The predicted molar refractivity (Wildman–Crippen MR) is 155 cm³/mol. The first kappa shape index (κ1) is 27.5. The van der Waals surface area contributed by atoms with Gasteiger partial charge < -0.3 is 5.11 Å². The Morgan fingerprint density at radius 2 is 1.73 bits per heavy atom. The molecule has 2 saturated heterocycles. The zero-order valence-corrected chi connectivity index (χ0v) is 24.7. The number of anilines is 1. The Morgan fingerprint density at radius 1 is 1.02 bits per heavy atom. The highest BCUT2D eigenvalue weighted by molar-refractivity contribution is 9.09. The summed E-state index contributed by atoms with van der Waals surface area (Å²) in [7, 11) is 0. The number of rotatable bonds is 4. The van der Waals surface area contributed by atoms with Crippen molar-refractivity contribution in [2.45, 2.75) is 28.5 Å². The molecule has 1 N–H and O–H groups in total. The number of likely N-dealkylation sites (tertiary alicyclic amines) is 1. The summed E-state index contributed by atoms with van der Waals surface area (Å²) in [5.41, 5.74) is 1.93. The standard InChI is InChI=1S/C29H22BrCl3N2O5/c1-2-14-3-6-16(7-4-14)35-24(37)18-9-8-17-20(22(18)25(35)38)12-28(32)26(39)34(13-30)27(40)29(28,33)23(17)19-11-15(31)5-10-21(19)36/h2-8,10-11,18,20,22-23,36H,1,9,12-13H2. The third-order valence-electron chi connectivity index (χ3n) is 8.70. The van der Waals surface area contributed by atoms with Crippen molar-refractivity contribution in [2.24, 2.45) is 17.8 Å². The Labute approximate surface area is 253 Å². The molecule has 2 heterocycles. The Hall–Kier alpha value is -2.65. The largest absolute Gasteiger partial charge is 0.508 e. The van der Waals surface area contributed by atoms with Crippen molar-refractivity contribution in [3.05, 3.63) is 76.8 Å². The van der Waals surface area contributed by atoms with Crippen LogP contribution in [-0.2, 0) is 19.2 Å². The molecule has 2 aliphatic heterocycles. The molecule has 4 amide bonds. The number of halogens is 4. The van der Waals surface area contributed by atoms with E-state index in [4.69, 9.17) is 34.8 Å². The van der Waals surface area contributed by atoms with Gasteiger partial charge in [0, 0.05) is 16.5 Å². The molecule has 6 atom stereocenters. The van der Waals surface area contributed by atoms with E-state index in [1.54, 1.807) is 30.3 Å². The Morgan fingerprint density at radius 3 is 2.38 bits per heavy atom. The fourth-order valence-corrected chi connectivity index (χ4v) is 8.47. The lowest BCUT2D eigenvalue weighted by atomic mass is 9.56. The molecule has 7 nitrogen and oxygen atoms in total. The van der Waals surface area contributed by atoms with Crippen LogP contribution in [0.1, 0.15) is 29.9 Å². The fourth-order valence-electron chi connectivity index (χ4n) is 6.87. The molecule has 0 radical (unpaired) electrons. The molecule has 0 aromatic heterocycles. The molecule has 6 rings (SSSR count). The van der Waals surface area contributed by atoms with Crippen molar-refractivity contribution in [1.29, 1.82) is 0 Å². The van der Waals surface area contributed by atoms with Crippen LogP contribution in [0.15, 0.2) is 60.7 Å². The number of alkyl halides is 3. The number of allylic oxidation sites excluding steroid dienone is 2. The quantitative estimate of drug-likeness (QED) is 0.199. The summed E-state index contributed by atoms with van der Waals surface area (Å²) in [4.78, 5) is 53.2. The van der Waals surface area contributed by atoms with E-state index in [2.05, 4.69) is 22.5 Å². The highest BCUT2D eigenvalue weighted by Gasteiger charge is 2.76. The van der Waals surface area contributed by atoms with Gasteiger partial charge in [0.05, 0.1) is 23.0 Å². The summed E-state index contributed by atoms with van der Waals surface area (Å²) in [5, 5.41) is 11.2. The van der Waals surface area contributed by atoms with E-state index in [0.717, 1.165) is 10.5 Å². The van der Waals surface area contributed by atoms with Crippen molar-refractivity contribution in [3.8, 4) is 5.75 Å². The molecule has 2 aromatic rings. The molecule has 1 saturated carbocycles. The summed E-state index contributed by atoms with van der Waals surface area (Å²) in [5.74, 6) is -5.68. The minimum Gasteiger partial charge on any atom is -0.508 e. The molecule has 3 fully saturated rings. The zero-order chi connectivity index (χ0) is 28.7. The van der Waals surface area contributed by atoms with E-state index in [0.29, 0.717) is 11.3 Å². The van der Waals surface area contributed by atoms with Gasteiger partial charge in [-0.2, -0.15) is 0 Å². The van der Waals surface area contributed by atoms with Gasteiger partial charge in [-0.3, -0.25) is 29.0 Å². The number of hydrogen-bond donors (Lipinski definition) is 1. The van der Waals surface area contributed by atoms with E-state index in [9.17, 15) is 24.3 Å². The summed E-state index contributed by atoms with van der Waals surface area (Å²) >= 11 is 23.8. The van der Waals surface area contributed by atoms with Gasteiger partial charge in [-0.1, -0.05) is 64.0 Å². The lowest BCUT2D eigenvalue weighted by Gasteiger charge is -2.50. The van der Waals surface area contributed by atoms with Crippen LogP contribution in [0.2, 0.25) is 5.02 Å².